The van der Waals surface area contributed by atoms with Gasteiger partial charge < -0.3 is 5.32 Å². The molecule has 0 radical (unpaired) electrons. The first-order valence-corrected chi connectivity index (χ1v) is 8.20. The number of nitrogens with one attached hydrogen (secondary N) is 2. The van der Waals surface area contributed by atoms with E-state index >= 15 is 0 Å². The van der Waals surface area contributed by atoms with Crippen LogP contribution in [0.5, 0.6) is 0 Å². The van der Waals surface area contributed by atoms with E-state index in [0.717, 1.165) is 6.54 Å². The Morgan fingerprint density at radius 2 is 1.74 bits per heavy atom. The van der Waals surface area contributed by atoms with Gasteiger partial charge in [0.1, 0.15) is 4.90 Å². The molecule has 1 aromatic rings. The van der Waals surface area contributed by atoms with E-state index in [1.807, 2.05) is 0 Å². The summed E-state index contributed by atoms with van der Waals surface area (Å²) in [5.74, 6) is 0. The van der Waals surface area contributed by atoms with Crippen molar-refractivity contribution < 1.29 is 8.42 Å². The Labute approximate surface area is 137 Å². The molecule has 0 aliphatic heterocycles. The zero-order valence-electron chi connectivity index (χ0n) is 10.0. The topological polar surface area (TPSA) is 58.2 Å². The Morgan fingerprint density at radius 1 is 1.21 bits per heavy atom. The summed E-state index contributed by atoms with van der Waals surface area (Å²) in [5, 5.41) is 3.12. The third-order valence-corrected chi connectivity index (χ3v) is 4.97. The second kappa shape index (κ2) is 8.67. The van der Waals surface area contributed by atoms with Gasteiger partial charge in [0.15, 0.2) is 0 Å². The molecule has 0 fully saturated rings. The Bertz CT molecular complexity index is 503. The number of rotatable bonds is 6. The van der Waals surface area contributed by atoms with E-state index < -0.39 is 10.0 Å². The highest BCUT2D eigenvalue weighted by Gasteiger charge is 2.21. The Morgan fingerprint density at radius 3 is 2.21 bits per heavy atom. The summed E-state index contributed by atoms with van der Waals surface area (Å²) >= 11 is 15.0. The third-order valence-electron chi connectivity index (χ3n) is 2.13. The van der Waals surface area contributed by atoms with Crippen LogP contribution in [0.15, 0.2) is 21.5 Å². The number of hydrogen-bond acceptors (Lipinski definition) is 3. The van der Waals surface area contributed by atoms with Gasteiger partial charge in [-0.1, -0.05) is 39.1 Å². The number of sulfonamides is 1. The molecule has 0 amide bonds. The molecule has 2 N–H and O–H groups in total. The second-order valence-electron chi connectivity index (χ2n) is 3.55. The van der Waals surface area contributed by atoms with E-state index in [2.05, 4.69) is 26.0 Å². The minimum absolute atomic E-state index is 0. The molecular formula is C10H14BrCl3N2O2S. The molecule has 0 bridgehead atoms. The van der Waals surface area contributed by atoms with E-state index in [9.17, 15) is 8.42 Å². The van der Waals surface area contributed by atoms with Crippen LogP contribution in [0, 0.1) is 0 Å². The molecule has 0 heterocycles. The highest BCUT2D eigenvalue weighted by Crippen LogP contribution is 2.32. The lowest BCUT2D eigenvalue weighted by molar-refractivity contribution is 0.577. The minimum atomic E-state index is -3.68. The predicted octanol–water partition coefficient (Wildman–Crippen LogP) is 3.07. The molecule has 1 aromatic carbocycles. The number of benzene rings is 1. The van der Waals surface area contributed by atoms with Gasteiger partial charge in [0.2, 0.25) is 10.0 Å². The number of halogens is 4. The van der Waals surface area contributed by atoms with Gasteiger partial charge in [-0.05, 0) is 32.1 Å². The van der Waals surface area contributed by atoms with Crippen molar-refractivity contribution in [3.05, 3.63) is 26.7 Å². The SMILES string of the molecule is CNCCCNS(=O)(=O)c1c(Cl)cc(Br)cc1Cl.Cl. The van der Waals surface area contributed by atoms with Crippen molar-refractivity contribution >= 4 is 61.6 Å². The van der Waals surface area contributed by atoms with Crippen LogP contribution in [-0.2, 0) is 10.0 Å². The van der Waals surface area contributed by atoms with Gasteiger partial charge in [0.05, 0.1) is 10.0 Å². The lowest BCUT2D eigenvalue weighted by Gasteiger charge is -2.10. The first kappa shape index (κ1) is 19.4. The van der Waals surface area contributed by atoms with E-state index in [1.165, 1.54) is 12.1 Å². The van der Waals surface area contributed by atoms with E-state index in [1.54, 1.807) is 7.05 Å². The van der Waals surface area contributed by atoms with Crippen molar-refractivity contribution in [3.63, 3.8) is 0 Å². The van der Waals surface area contributed by atoms with Gasteiger partial charge in [-0.25, -0.2) is 13.1 Å². The zero-order chi connectivity index (χ0) is 13.8. The molecular weight excluding hydrogens is 398 g/mol. The summed E-state index contributed by atoms with van der Waals surface area (Å²) in [7, 11) is -1.88. The fourth-order valence-electron chi connectivity index (χ4n) is 1.33. The largest absolute Gasteiger partial charge is 0.320 e. The molecule has 0 atom stereocenters. The average molecular weight is 413 g/mol. The van der Waals surface area contributed by atoms with Crippen LogP contribution in [-0.4, -0.2) is 28.6 Å². The van der Waals surface area contributed by atoms with Crippen molar-refractivity contribution in [2.75, 3.05) is 20.1 Å². The van der Waals surface area contributed by atoms with Gasteiger partial charge in [-0.2, -0.15) is 0 Å². The van der Waals surface area contributed by atoms with Crippen LogP contribution in [0.3, 0.4) is 0 Å². The predicted molar refractivity (Wildman–Crippen MR) is 85.1 cm³/mol. The summed E-state index contributed by atoms with van der Waals surface area (Å²) in [4.78, 5) is -0.0847. The molecule has 9 heteroatoms. The molecule has 0 unspecified atom stereocenters. The van der Waals surface area contributed by atoms with Crippen LogP contribution in [0.25, 0.3) is 0 Å². The van der Waals surface area contributed by atoms with Crippen molar-refractivity contribution in [3.8, 4) is 0 Å². The molecule has 110 valence electrons. The Kier molecular flexibility index (Phi) is 8.87. The summed E-state index contributed by atoms with van der Waals surface area (Å²) in [6.07, 6.45) is 0.682. The highest BCUT2D eigenvalue weighted by atomic mass is 79.9. The molecule has 19 heavy (non-hydrogen) atoms. The minimum Gasteiger partial charge on any atom is -0.320 e. The normalized spacial score (nSPS) is 11.2. The summed E-state index contributed by atoms with van der Waals surface area (Å²) < 4.78 is 27.2. The molecule has 4 nitrogen and oxygen atoms in total. The fourth-order valence-corrected chi connectivity index (χ4v) is 4.34. The lowest BCUT2D eigenvalue weighted by atomic mass is 10.4. The standard InChI is InChI=1S/C10H13BrCl2N2O2S.ClH/c1-14-3-2-4-15-18(16,17)10-8(12)5-7(11)6-9(10)13;/h5-6,14-15H,2-4H2,1H3;1H. The van der Waals surface area contributed by atoms with Crippen molar-refractivity contribution in [2.45, 2.75) is 11.3 Å². The molecule has 0 spiro atoms. The first-order valence-electron chi connectivity index (χ1n) is 5.17. The maximum absolute atomic E-state index is 12.0. The number of hydrogen-bond donors (Lipinski definition) is 2. The molecule has 0 aromatic heterocycles. The Hall–Kier alpha value is 0.440. The van der Waals surface area contributed by atoms with Crippen LogP contribution in [0.1, 0.15) is 6.42 Å². The van der Waals surface area contributed by atoms with E-state index in [-0.39, 0.29) is 27.3 Å². The molecule has 0 aliphatic carbocycles. The van der Waals surface area contributed by atoms with Gasteiger partial charge in [0, 0.05) is 11.0 Å². The van der Waals surface area contributed by atoms with Crippen LogP contribution in [0.4, 0.5) is 0 Å². The van der Waals surface area contributed by atoms with Crippen molar-refractivity contribution in [2.24, 2.45) is 0 Å². The lowest BCUT2D eigenvalue weighted by Crippen LogP contribution is -2.27. The molecule has 0 saturated heterocycles. The fraction of sp³-hybridized carbons (Fsp3) is 0.400. The Balaban J connectivity index is 0.00000324. The monoisotopic (exact) mass is 410 g/mol. The molecule has 0 aliphatic rings. The van der Waals surface area contributed by atoms with Crippen molar-refractivity contribution in [1.29, 1.82) is 0 Å². The van der Waals surface area contributed by atoms with E-state index in [0.29, 0.717) is 17.4 Å². The molecule has 0 saturated carbocycles. The smallest absolute Gasteiger partial charge is 0.243 e. The van der Waals surface area contributed by atoms with Crippen LogP contribution >= 0.6 is 51.5 Å². The molecule has 1 rings (SSSR count). The summed E-state index contributed by atoms with van der Waals surface area (Å²) in [6.45, 7) is 1.05. The summed E-state index contributed by atoms with van der Waals surface area (Å²) in [6, 6.07) is 2.99. The van der Waals surface area contributed by atoms with Crippen molar-refractivity contribution in [1.82, 2.24) is 10.0 Å². The van der Waals surface area contributed by atoms with Gasteiger partial charge >= 0.3 is 0 Å². The van der Waals surface area contributed by atoms with Crippen LogP contribution < -0.4 is 10.0 Å². The third kappa shape index (κ3) is 5.75. The van der Waals surface area contributed by atoms with Gasteiger partial charge in [-0.3, -0.25) is 0 Å². The van der Waals surface area contributed by atoms with Gasteiger partial charge in [-0.15, -0.1) is 12.4 Å². The average Bonchev–Trinajstić information content (AvgIpc) is 2.22. The second-order valence-corrected chi connectivity index (χ2v) is 6.99. The quantitative estimate of drug-likeness (QED) is 0.706. The van der Waals surface area contributed by atoms with Crippen LogP contribution in [0.2, 0.25) is 10.0 Å². The maximum atomic E-state index is 12.0. The summed E-state index contributed by atoms with van der Waals surface area (Å²) in [5.41, 5.74) is 0. The maximum Gasteiger partial charge on any atom is 0.243 e. The zero-order valence-corrected chi connectivity index (χ0v) is 14.8. The van der Waals surface area contributed by atoms with E-state index in [4.69, 9.17) is 23.2 Å². The van der Waals surface area contributed by atoms with Gasteiger partial charge in [0.25, 0.3) is 0 Å². The highest BCUT2D eigenvalue weighted by molar-refractivity contribution is 9.10. The first-order chi connectivity index (χ1) is 8.38.